The van der Waals surface area contributed by atoms with Gasteiger partial charge in [0.1, 0.15) is 29.3 Å². The highest BCUT2D eigenvalue weighted by Gasteiger charge is 2.24. The second kappa shape index (κ2) is 9.39. The molecule has 0 spiro atoms. The molecule has 9 heteroatoms. The van der Waals surface area contributed by atoms with E-state index in [0.29, 0.717) is 29.4 Å². The van der Waals surface area contributed by atoms with E-state index >= 15 is 0 Å². The summed E-state index contributed by atoms with van der Waals surface area (Å²) in [5.74, 6) is 8.18. The van der Waals surface area contributed by atoms with Crippen LogP contribution in [-0.4, -0.2) is 59.4 Å². The Labute approximate surface area is 185 Å². The number of rotatable bonds is 5. The van der Waals surface area contributed by atoms with E-state index in [0.717, 1.165) is 36.2 Å². The van der Waals surface area contributed by atoms with E-state index in [-0.39, 0.29) is 11.9 Å². The van der Waals surface area contributed by atoms with Crippen molar-refractivity contribution in [3.05, 3.63) is 48.4 Å². The van der Waals surface area contributed by atoms with Crippen LogP contribution in [0, 0.1) is 11.8 Å². The van der Waals surface area contributed by atoms with E-state index in [2.05, 4.69) is 48.8 Å². The van der Waals surface area contributed by atoms with Gasteiger partial charge in [-0.05, 0) is 37.0 Å². The molecule has 9 nitrogen and oxygen atoms in total. The van der Waals surface area contributed by atoms with Crippen LogP contribution in [0.4, 0.5) is 5.82 Å². The predicted octanol–water partition coefficient (Wildman–Crippen LogP) is 2.04. The normalized spacial score (nSPS) is 15.6. The van der Waals surface area contributed by atoms with Gasteiger partial charge in [0.15, 0.2) is 5.65 Å². The van der Waals surface area contributed by atoms with Crippen LogP contribution in [0.15, 0.2) is 37.2 Å². The summed E-state index contributed by atoms with van der Waals surface area (Å²) >= 11 is 0. The molecule has 1 aliphatic heterocycles. The molecule has 1 aliphatic rings. The highest BCUT2D eigenvalue weighted by Crippen LogP contribution is 2.27. The minimum absolute atomic E-state index is 0.0185. The quantitative estimate of drug-likeness (QED) is 0.470. The molecule has 0 aliphatic carbocycles. The molecular formula is C23H24N6O3. The van der Waals surface area contributed by atoms with Gasteiger partial charge in [-0.1, -0.05) is 12.5 Å². The van der Waals surface area contributed by atoms with Crippen molar-refractivity contribution in [1.29, 1.82) is 0 Å². The number of H-pyrrole nitrogens is 1. The number of aromatic nitrogens is 4. The van der Waals surface area contributed by atoms with E-state index < -0.39 is 0 Å². The van der Waals surface area contributed by atoms with Crippen molar-refractivity contribution in [3.8, 4) is 23.3 Å². The Hall–Kier alpha value is -4.06. The second-order valence-corrected chi connectivity index (χ2v) is 7.34. The smallest absolute Gasteiger partial charge is 0.243 e. The van der Waals surface area contributed by atoms with Gasteiger partial charge in [0.2, 0.25) is 5.91 Å². The maximum absolute atomic E-state index is 11.7. The lowest BCUT2D eigenvalue weighted by Gasteiger charge is -2.34. The molecule has 1 atom stereocenters. The molecule has 3 heterocycles. The van der Waals surface area contributed by atoms with Gasteiger partial charge < -0.3 is 19.7 Å². The van der Waals surface area contributed by atoms with Crippen molar-refractivity contribution >= 4 is 22.8 Å². The number of carbonyl (C=O) groups excluding carboxylic acids is 1. The first-order valence-electron chi connectivity index (χ1n) is 10.2. The standard InChI is InChI=1S/C23H24N6O3/c1-4-20(30)26-16-6-5-9-29(13-16)23-21-19(27-28-22(21)24-14-25-23)8-7-15-10-17(31-2)12-18(11-15)32-3/h4,10-12,14,16H,1,5-6,9,13H2,2-3H3,(H,26,30)(H,24,25,27,28)/t16-/m0/s1. The third-order valence-electron chi connectivity index (χ3n) is 5.27. The molecule has 1 amide bonds. The highest BCUT2D eigenvalue weighted by atomic mass is 16.5. The molecule has 0 saturated carbocycles. The molecule has 2 aromatic heterocycles. The van der Waals surface area contributed by atoms with Crippen LogP contribution in [0.5, 0.6) is 11.5 Å². The van der Waals surface area contributed by atoms with Crippen LogP contribution in [0.25, 0.3) is 11.0 Å². The van der Waals surface area contributed by atoms with Gasteiger partial charge in [-0.15, -0.1) is 0 Å². The first-order chi connectivity index (χ1) is 15.6. The molecule has 0 radical (unpaired) electrons. The number of amides is 1. The van der Waals surface area contributed by atoms with Gasteiger partial charge in [-0.25, -0.2) is 9.97 Å². The van der Waals surface area contributed by atoms with Crippen molar-refractivity contribution in [3.63, 3.8) is 0 Å². The van der Waals surface area contributed by atoms with Crippen LogP contribution >= 0.6 is 0 Å². The number of methoxy groups -OCH3 is 2. The zero-order chi connectivity index (χ0) is 22.5. The Morgan fingerprint density at radius 3 is 2.75 bits per heavy atom. The first-order valence-corrected chi connectivity index (χ1v) is 10.2. The Kier molecular flexibility index (Phi) is 6.22. The van der Waals surface area contributed by atoms with Crippen LogP contribution in [-0.2, 0) is 4.79 Å². The average molecular weight is 432 g/mol. The number of benzene rings is 1. The van der Waals surface area contributed by atoms with Gasteiger partial charge in [-0.2, -0.15) is 5.10 Å². The summed E-state index contributed by atoms with van der Waals surface area (Å²) in [5, 5.41) is 11.0. The van der Waals surface area contributed by atoms with E-state index in [9.17, 15) is 4.79 Å². The van der Waals surface area contributed by atoms with E-state index in [1.165, 1.54) is 12.4 Å². The fourth-order valence-electron chi connectivity index (χ4n) is 3.73. The summed E-state index contributed by atoms with van der Waals surface area (Å²) in [6.45, 7) is 4.98. The third kappa shape index (κ3) is 4.49. The number of hydrogen-bond acceptors (Lipinski definition) is 7. The molecule has 32 heavy (non-hydrogen) atoms. The topological polar surface area (TPSA) is 105 Å². The number of nitrogens with one attached hydrogen (secondary N) is 2. The monoisotopic (exact) mass is 432 g/mol. The van der Waals surface area contributed by atoms with Crippen molar-refractivity contribution in [2.24, 2.45) is 0 Å². The molecule has 0 unspecified atom stereocenters. The number of carbonyl (C=O) groups is 1. The average Bonchev–Trinajstić information content (AvgIpc) is 3.25. The number of aromatic amines is 1. The lowest BCUT2D eigenvalue weighted by Crippen LogP contribution is -2.47. The van der Waals surface area contributed by atoms with E-state index in [1.807, 2.05) is 12.1 Å². The lowest BCUT2D eigenvalue weighted by molar-refractivity contribution is -0.117. The third-order valence-corrected chi connectivity index (χ3v) is 5.27. The molecule has 3 aromatic rings. The van der Waals surface area contributed by atoms with Crippen molar-refractivity contribution in [1.82, 2.24) is 25.5 Å². The summed E-state index contributed by atoms with van der Waals surface area (Å²) in [7, 11) is 3.20. The van der Waals surface area contributed by atoms with Crippen LogP contribution in [0.1, 0.15) is 24.1 Å². The summed E-state index contributed by atoms with van der Waals surface area (Å²) in [6, 6.07) is 5.48. The molecule has 164 valence electrons. The highest BCUT2D eigenvalue weighted by molar-refractivity contribution is 5.92. The molecule has 1 fully saturated rings. The Balaban J connectivity index is 1.67. The SMILES string of the molecule is C=CC(=O)N[C@H]1CCCN(c2ncnc3n[nH]c(C#Cc4cc(OC)cc(OC)c4)c23)C1. The molecule has 0 bridgehead atoms. The molecule has 4 rings (SSSR count). The summed E-state index contributed by atoms with van der Waals surface area (Å²) in [5.41, 5.74) is 1.90. The molecular weight excluding hydrogens is 408 g/mol. The van der Waals surface area contributed by atoms with Crippen LogP contribution in [0.3, 0.4) is 0 Å². The predicted molar refractivity (Wildman–Crippen MR) is 121 cm³/mol. The minimum atomic E-state index is -0.173. The van der Waals surface area contributed by atoms with Gasteiger partial charge in [0, 0.05) is 30.8 Å². The second-order valence-electron chi connectivity index (χ2n) is 7.34. The molecule has 2 N–H and O–H groups in total. The number of hydrogen-bond donors (Lipinski definition) is 2. The van der Waals surface area contributed by atoms with E-state index in [1.54, 1.807) is 20.3 Å². The Bertz CT molecular complexity index is 1190. The van der Waals surface area contributed by atoms with Crippen molar-refractivity contribution in [2.45, 2.75) is 18.9 Å². The largest absolute Gasteiger partial charge is 0.497 e. The number of piperidine rings is 1. The minimum Gasteiger partial charge on any atom is -0.497 e. The van der Waals surface area contributed by atoms with E-state index in [4.69, 9.17) is 9.47 Å². The van der Waals surface area contributed by atoms with Gasteiger partial charge >= 0.3 is 0 Å². The van der Waals surface area contributed by atoms with Gasteiger partial charge in [0.05, 0.1) is 19.6 Å². The van der Waals surface area contributed by atoms with Crippen molar-refractivity contribution < 1.29 is 14.3 Å². The number of fused-ring (bicyclic) bond motifs is 1. The van der Waals surface area contributed by atoms with Crippen LogP contribution in [0.2, 0.25) is 0 Å². The number of anilines is 1. The number of ether oxygens (including phenoxy) is 2. The Morgan fingerprint density at radius 1 is 1.25 bits per heavy atom. The lowest BCUT2D eigenvalue weighted by atomic mass is 10.1. The van der Waals surface area contributed by atoms with Gasteiger partial charge in [-0.3, -0.25) is 9.89 Å². The van der Waals surface area contributed by atoms with Crippen molar-refractivity contribution in [2.75, 3.05) is 32.2 Å². The first kappa shape index (κ1) is 21.2. The molecule has 1 saturated heterocycles. The number of nitrogens with zero attached hydrogens (tertiary/aromatic N) is 4. The maximum atomic E-state index is 11.7. The maximum Gasteiger partial charge on any atom is 0.243 e. The zero-order valence-electron chi connectivity index (χ0n) is 18.0. The summed E-state index contributed by atoms with van der Waals surface area (Å²) < 4.78 is 10.6. The fourth-order valence-corrected chi connectivity index (χ4v) is 3.73. The Morgan fingerprint density at radius 2 is 2.03 bits per heavy atom. The fraction of sp³-hybridized carbons (Fsp3) is 0.304. The summed E-state index contributed by atoms with van der Waals surface area (Å²) in [6.07, 6.45) is 4.61. The molecule has 1 aromatic carbocycles. The zero-order valence-corrected chi connectivity index (χ0v) is 18.0. The van der Waals surface area contributed by atoms with Crippen LogP contribution < -0.4 is 19.7 Å². The summed E-state index contributed by atoms with van der Waals surface area (Å²) in [4.78, 5) is 22.7. The van der Waals surface area contributed by atoms with Gasteiger partial charge in [0.25, 0.3) is 0 Å².